The average Bonchev–Trinajstić information content (AvgIpc) is 2.84. The Morgan fingerprint density at radius 3 is 2.65 bits per heavy atom. The van der Waals surface area contributed by atoms with E-state index in [0.717, 1.165) is 12.8 Å². The molecule has 0 saturated carbocycles. The molecule has 1 N–H and O–H groups in total. The molecule has 2 unspecified atom stereocenters. The molecule has 2 rings (SSSR count). The summed E-state index contributed by atoms with van der Waals surface area (Å²) in [5.74, 6) is -0.879. The van der Waals surface area contributed by atoms with Gasteiger partial charge in [0, 0.05) is 31.6 Å². The zero-order valence-corrected chi connectivity index (χ0v) is 14.3. The first-order chi connectivity index (χ1) is 10.8. The van der Waals surface area contributed by atoms with Crippen LogP contribution in [-0.2, 0) is 20.6 Å². The predicted octanol–water partition coefficient (Wildman–Crippen LogP) is 1.89. The van der Waals surface area contributed by atoms with Crippen LogP contribution < -0.4 is 4.72 Å². The van der Waals surface area contributed by atoms with Crippen molar-refractivity contribution in [1.82, 2.24) is 9.62 Å². The summed E-state index contributed by atoms with van der Waals surface area (Å²) in [7, 11) is -3.67. The molecule has 1 heterocycles. The molecule has 1 saturated heterocycles. The van der Waals surface area contributed by atoms with Crippen LogP contribution in [0.5, 0.6) is 0 Å². The van der Waals surface area contributed by atoms with Crippen LogP contribution in [0.3, 0.4) is 0 Å². The van der Waals surface area contributed by atoms with Crippen molar-refractivity contribution in [3.05, 3.63) is 35.6 Å². The summed E-state index contributed by atoms with van der Waals surface area (Å²) in [6.45, 7) is 4.45. The van der Waals surface area contributed by atoms with E-state index in [9.17, 15) is 17.6 Å². The standard InChI is InChI=1S/C16H23FN2O3S/c1-3-6-13-9-19(12(2)20)10-16(13)18-23(21,22)11-14-7-4-5-8-15(14)17/h4-5,7-8,13,16,18H,3,6,9-11H2,1-2H3. The van der Waals surface area contributed by atoms with Gasteiger partial charge in [0.2, 0.25) is 15.9 Å². The van der Waals surface area contributed by atoms with Crippen LogP contribution in [0.25, 0.3) is 0 Å². The van der Waals surface area contributed by atoms with Crippen molar-refractivity contribution in [2.75, 3.05) is 13.1 Å². The van der Waals surface area contributed by atoms with Crippen molar-refractivity contribution >= 4 is 15.9 Å². The number of halogens is 1. The molecule has 0 radical (unpaired) electrons. The molecular weight excluding hydrogens is 319 g/mol. The lowest BCUT2D eigenvalue weighted by Gasteiger charge is -2.19. The van der Waals surface area contributed by atoms with Gasteiger partial charge in [-0.1, -0.05) is 31.5 Å². The molecule has 5 nitrogen and oxygen atoms in total. The molecule has 128 valence electrons. The summed E-state index contributed by atoms with van der Waals surface area (Å²) in [6, 6.07) is 5.54. The highest BCUT2D eigenvalue weighted by Crippen LogP contribution is 2.23. The highest BCUT2D eigenvalue weighted by atomic mass is 32.2. The van der Waals surface area contributed by atoms with Gasteiger partial charge in [0.1, 0.15) is 5.82 Å². The quantitative estimate of drug-likeness (QED) is 0.858. The van der Waals surface area contributed by atoms with E-state index in [0.29, 0.717) is 13.1 Å². The van der Waals surface area contributed by atoms with Crippen LogP contribution >= 0.6 is 0 Å². The van der Waals surface area contributed by atoms with Crippen molar-refractivity contribution < 1.29 is 17.6 Å². The topological polar surface area (TPSA) is 66.5 Å². The molecular formula is C16H23FN2O3S. The van der Waals surface area contributed by atoms with Crippen molar-refractivity contribution in [3.63, 3.8) is 0 Å². The number of hydrogen-bond donors (Lipinski definition) is 1. The Kier molecular flexibility index (Phi) is 5.75. The Labute approximate surface area is 136 Å². The van der Waals surface area contributed by atoms with Crippen LogP contribution in [0.15, 0.2) is 24.3 Å². The summed E-state index contributed by atoms with van der Waals surface area (Å²) in [5.41, 5.74) is 0.147. The largest absolute Gasteiger partial charge is 0.341 e. The van der Waals surface area contributed by atoms with Crippen molar-refractivity contribution in [1.29, 1.82) is 0 Å². The normalized spacial score (nSPS) is 21.6. The first kappa shape index (κ1) is 17.9. The van der Waals surface area contributed by atoms with E-state index < -0.39 is 21.6 Å². The molecule has 1 aromatic carbocycles. The summed E-state index contributed by atoms with van der Waals surface area (Å²) in [6.07, 6.45) is 1.76. The highest BCUT2D eigenvalue weighted by molar-refractivity contribution is 7.88. The number of nitrogens with zero attached hydrogens (tertiary/aromatic N) is 1. The van der Waals surface area contributed by atoms with E-state index in [1.54, 1.807) is 11.0 Å². The van der Waals surface area contributed by atoms with Gasteiger partial charge in [-0.25, -0.2) is 17.5 Å². The second-order valence-electron chi connectivity index (χ2n) is 6.05. The van der Waals surface area contributed by atoms with Gasteiger partial charge in [0.15, 0.2) is 0 Å². The van der Waals surface area contributed by atoms with Crippen LogP contribution in [0.4, 0.5) is 4.39 Å². The Morgan fingerprint density at radius 2 is 2.04 bits per heavy atom. The number of nitrogens with one attached hydrogen (secondary N) is 1. The molecule has 1 aromatic rings. The van der Waals surface area contributed by atoms with E-state index in [4.69, 9.17) is 0 Å². The fraction of sp³-hybridized carbons (Fsp3) is 0.562. The number of carbonyl (C=O) groups is 1. The molecule has 2 atom stereocenters. The first-order valence-electron chi connectivity index (χ1n) is 7.81. The van der Waals surface area contributed by atoms with Crippen molar-refractivity contribution in [2.45, 2.75) is 38.5 Å². The van der Waals surface area contributed by atoms with E-state index in [1.165, 1.54) is 25.1 Å². The molecule has 23 heavy (non-hydrogen) atoms. The monoisotopic (exact) mass is 342 g/mol. The van der Waals surface area contributed by atoms with Crippen molar-refractivity contribution in [2.24, 2.45) is 5.92 Å². The predicted molar refractivity (Wildman–Crippen MR) is 86.6 cm³/mol. The zero-order valence-electron chi connectivity index (χ0n) is 13.5. The third kappa shape index (κ3) is 4.75. The van der Waals surface area contributed by atoms with Gasteiger partial charge in [-0.2, -0.15) is 0 Å². The van der Waals surface area contributed by atoms with Gasteiger partial charge in [-0.15, -0.1) is 0 Å². The number of sulfonamides is 1. The number of amides is 1. The Morgan fingerprint density at radius 1 is 1.35 bits per heavy atom. The maximum Gasteiger partial charge on any atom is 0.219 e. The van der Waals surface area contributed by atoms with E-state index in [2.05, 4.69) is 4.72 Å². The second kappa shape index (κ2) is 7.40. The fourth-order valence-electron chi connectivity index (χ4n) is 3.02. The number of hydrogen-bond acceptors (Lipinski definition) is 3. The van der Waals surface area contributed by atoms with Crippen LogP contribution in [0.1, 0.15) is 32.3 Å². The van der Waals surface area contributed by atoms with E-state index >= 15 is 0 Å². The summed E-state index contributed by atoms with van der Waals surface area (Å²) in [4.78, 5) is 13.2. The SMILES string of the molecule is CCCC1CN(C(C)=O)CC1NS(=O)(=O)Cc1ccccc1F. The molecule has 1 amide bonds. The molecule has 1 fully saturated rings. The lowest BCUT2D eigenvalue weighted by Crippen LogP contribution is -2.41. The van der Waals surface area contributed by atoms with Crippen molar-refractivity contribution in [3.8, 4) is 0 Å². The molecule has 1 aliphatic heterocycles. The van der Waals surface area contributed by atoms with E-state index in [-0.39, 0.29) is 23.4 Å². The van der Waals surface area contributed by atoms with Crippen LogP contribution in [-0.4, -0.2) is 38.4 Å². The Hall–Kier alpha value is -1.47. The number of benzene rings is 1. The van der Waals surface area contributed by atoms with Gasteiger partial charge in [0.25, 0.3) is 0 Å². The van der Waals surface area contributed by atoms with Gasteiger partial charge in [0.05, 0.1) is 5.75 Å². The maximum atomic E-state index is 13.7. The fourth-order valence-corrected chi connectivity index (χ4v) is 4.47. The molecule has 0 spiro atoms. The third-order valence-corrected chi connectivity index (χ3v) is 5.53. The van der Waals surface area contributed by atoms with Gasteiger partial charge >= 0.3 is 0 Å². The van der Waals surface area contributed by atoms with Crippen LogP contribution in [0.2, 0.25) is 0 Å². The summed E-state index contributed by atoms with van der Waals surface area (Å²) in [5, 5.41) is 0. The number of likely N-dealkylation sites (tertiary alicyclic amines) is 1. The van der Waals surface area contributed by atoms with Gasteiger partial charge in [-0.05, 0) is 18.4 Å². The highest BCUT2D eigenvalue weighted by Gasteiger charge is 2.35. The number of carbonyl (C=O) groups excluding carboxylic acids is 1. The third-order valence-electron chi connectivity index (χ3n) is 4.18. The molecule has 7 heteroatoms. The molecule has 0 aromatic heterocycles. The van der Waals surface area contributed by atoms with Gasteiger partial charge in [-0.3, -0.25) is 4.79 Å². The number of rotatable bonds is 6. The first-order valence-corrected chi connectivity index (χ1v) is 9.46. The van der Waals surface area contributed by atoms with Gasteiger partial charge < -0.3 is 4.90 Å². The average molecular weight is 342 g/mol. The lowest BCUT2D eigenvalue weighted by atomic mass is 9.99. The molecule has 1 aliphatic rings. The molecule has 0 aliphatic carbocycles. The summed E-state index contributed by atoms with van der Waals surface area (Å²) < 4.78 is 41.0. The Balaban J connectivity index is 2.09. The Bertz CT molecular complexity index is 663. The smallest absolute Gasteiger partial charge is 0.219 e. The van der Waals surface area contributed by atoms with Crippen LogP contribution in [0, 0.1) is 11.7 Å². The van der Waals surface area contributed by atoms with E-state index in [1.807, 2.05) is 6.92 Å². The maximum absolute atomic E-state index is 13.7. The second-order valence-corrected chi connectivity index (χ2v) is 7.80. The molecule has 0 bridgehead atoms. The summed E-state index contributed by atoms with van der Waals surface area (Å²) >= 11 is 0. The zero-order chi connectivity index (χ0) is 17.0. The minimum absolute atomic E-state index is 0.0538. The lowest BCUT2D eigenvalue weighted by molar-refractivity contribution is -0.127. The minimum Gasteiger partial charge on any atom is -0.341 e. The minimum atomic E-state index is -3.67.